The highest BCUT2D eigenvalue weighted by molar-refractivity contribution is 7.99. The van der Waals surface area contributed by atoms with Gasteiger partial charge in [0, 0.05) is 35.3 Å². The van der Waals surface area contributed by atoms with Gasteiger partial charge < -0.3 is 10.2 Å². The van der Waals surface area contributed by atoms with Crippen LogP contribution in [0.4, 0.5) is 4.39 Å². The summed E-state index contributed by atoms with van der Waals surface area (Å²) in [5, 5.41) is 3.67. The summed E-state index contributed by atoms with van der Waals surface area (Å²) in [7, 11) is 0. The van der Waals surface area contributed by atoms with Gasteiger partial charge in [-0.2, -0.15) is 0 Å². The van der Waals surface area contributed by atoms with E-state index in [1.54, 1.807) is 24.3 Å². The first-order chi connectivity index (χ1) is 17.4. The maximum atomic E-state index is 14.6. The maximum Gasteiger partial charge on any atom is 0.243 e. The number of thioether (sulfide) groups is 1. The Kier molecular flexibility index (Phi) is 10.8. The first kappa shape index (κ1) is 27.8. The third-order valence-electron chi connectivity index (χ3n) is 5.95. The topological polar surface area (TPSA) is 49.4 Å². The van der Waals surface area contributed by atoms with Gasteiger partial charge in [0.2, 0.25) is 11.8 Å². The van der Waals surface area contributed by atoms with Crippen molar-refractivity contribution >= 4 is 35.2 Å². The van der Waals surface area contributed by atoms with E-state index in [4.69, 9.17) is 11.6 Å². The van der Waals surface area contributed by atoms with Crippen LogP contribution in [0.5, 0.6) is 0 Å². The fourth-order valence-electron chi connectivity index (χ4n) is 3.77. The smallest absolute Gasteiger partial charge is 0.243 e. The van der Waals surface area contributed by atoms with Gasteiger partial charge in [-0.15, -0.1) is 11.8 Å². The molecule has 0 aliphatic rings. The number of nitrogens with one attached hydrogen (secondary N) is 1. The van der Waals surface area contributed by atoms with Crippen LogP contribution in [0, 0.1) is 5.82 Å². The van der Waals surface area contributed by atoms with Crippen molar-refractivity contribution in [3.63, 3.8) is 0 Å². The third kappa shape index (κ3) is 8.38. The molecule has 0 fully saturated rings. The Labute approximate surface area is 222 Å². The fourth-order valence-corrected chi connectivity index (χ4v) is 4.84. The second-order valence-corrected chi connectivity index (χ2v) is 10.2. The molecular weight excluding hydrogens is 495 g/mol. The average Bonchev–Trinajstić information content (AvgIpc) is 2.87. The Morgan fingerprint density at radius 2 is 1.69 bits per heavy atom. The second kappa shape index (κ2) is 14.0. The normalized spacial score (nSPS) is 12.6. The predicted octanol–water partition coefficient (Wildman–Crippen LogP) is 6.27. The summed E-state index contributed by atoms with van der Waals surface area (Å²) in [6.07, 6.45) is 1.10. The van der Waals surface area contributed by atoms with Gasteiger partial charge in [-0.25, -0.2) is 4.39 Å². The van der Waals surface area contributed by atoms with E-state index in [0.29, 0.717) is 22.8 Å². The molecule has 2 unspecified atom stereocenters. The molecule has 2 atom stereocenters. The molecule has 0 saturated carbocycles. The molecule has 0 radical (unpaired) electrons. The minimum Gasteiger partial charge on any atom is -0.352 e. The Morgan fingerprint density at radius 1 is 1.00 bits per heavy atom. The van der Waals surface area contributed by atoms with Crippen molar-refractivity contribution in [2.75, 3.05) is 5.75 Å². The van der Waals surface area contributed by atoms with E-state index in [-0.39, 0.29) is 30.2 Å². The van der Waals surface area contributed by atoms with Gasteiger partial charge in [0.25, 0.3) is 0 Å². The largest absolute Gasteiger partial charge is 0.352 e. The number of carbonyl (C=O) groups excluding carboxylic acids is 2. The van der Waals surface area contributed by atoms with E-state index in [0.717, 1.165) is 17.5 Å². The van der Waals surface area contributed by atoms with Gasteiger partial charge in [0.15, 0.2) is 0 Å². The lowest BCUT2D eigenvalue weighted by Crippen LogP contribution is -2.52. The summed E-state index contributed by atoms with van der Waals surface area (Å²) in [4.78, 5) is 28.6. The van der Waals surface area contributed by atoms with E-state index >= 15 is 0 Å². The minimum absolute atomic E-state index is 0.00859. The molecule has 0 aliphatic heterocycles. The number of benzene rings is 3. The SMILES string of the molecule is CCC(C)NC(=O)C(Cc1ccccc1)N(Cc1ccccc1F)C(=O)CSCc1cccc(Cl)c1. The Bertz CT molecular complexity index is 1140. The highest BCUT2D eigenvalue weighted by Gasteiger charge is 2.31. The Hall–Kier alpha value is -2.83. The zero-order chi connectivity index (χ0) is 25.9. The first-order valence-electron chi connectivity index (χ1n) is 12.1. The van der Waals surface area contributed by atoms with Crippen LogP contribution in [0.1, 0.15) is 37.0 Å². The second-order valence-electron chi connectivity index (χ2n) is 8.76. The molecule has 0 heterocycles. The number of amides is 2. The molecule has 3 aromatic rings. The molecule has 0 aliphatic carbocycles. The molecule has 0 aromatic heterocycles. The van der Waals surface area contributed by atoms with Crippen LogP contribution in [0.3, 0.4) is 0 Å². The Morgan fingerprint density at radius 3 is 2.39 bits per heavy atom. The van der Waals surface area contributed by atoms with Crippen LogP contribution in [0.15, 0.2) is 78.9 Å². The lowest BCUT2D eigenvalue weighted by Gasteiger charge is -2.32. The number of rotatable bonds is 12. The quantitative estimate of drug-likeness (QED) is 0.303. The molecule has 0 saturated heterocycles. The maximum absolute atomic E-state index is 14.6. The van der Waals surface area contributed by atoms with Crippen molar-refractivity contribution in [3.8, 4) is 0 Å². The number of hydrogen-bond acceptors (Lipinski definition) is 3. The molecule has 4 nitrogen and oxygen atoms in total. The van der Waals surface area contributed by atoms with E-state index in [2.05, 4.69) is 5.32 Å². The zero-order valence-corrected chi connectivity index (χ0v) is 22.2. The molecule has 0 spiro atoms. The molecule has 190 valence electrons. The molecular formula is C29H32ClFN2O2S. The van der Waals surface area contributed by atoms with Gasteiger partial charge >= 0.3 is 0 Å². The summed E-state index contributed by atoms with van der Waals surface area (Å²) in [6, 6.07) is 22.7. The van der Waals surface area contributed by atoms with Crippen molar-refractivity contribution in [2.24, 2.45) is 0 Å². The monoisotopic (exact) mass is 526 g/mol. The molecule has 36 heavy (non-hydrogen) atoms. The summed E-state index contributed by atoms with van der Waals surface area (Å²) in [5.74, 6) is -0.101. The van der Waals surface area contributed by atoms with Crippen molar-refractivity contribution in [2.45, 2.75) is 51.1 Å². The van der Waals surface area contributed by atoms with E-state index < -0.39 is 11.9 Å². The van der Waals surface area contributed by atoms with Gasteiger partial charge in [0.1, 0.15) is 11.9 Å². The predicted molar refractivity (Wildman–Crippen MR) is 146 cm³/mol. The van der Waals surface area contributed by atoms with E-state index in [1.807, 2.05) is 62.4 Å². The van der Waals surface area contributed by atoms with Crippen LogP contribution in [-0.2, 0) is 28.3 Å². The van der Waals surface area contributed by atoms with Crippen molar-refractivity contribution in [1.29, 1.82) is 0 Å². The van der Waals surface area contributed by atoms with Gasteiger partial charge in [-0.1, -0.05) is 79.2 Å². The summed E-state index contributed by atoms with van der Waals surface area (Å²) < 4.78 is 14.6. The molecule has 0 bridgehead atoms. The summed E-state index contributed by atoms with van der Waals surface area (Å²) in [6.45, 7) is 3.93. The lowest BCUT2D eigenvalue weighted by molar-refractivity contribution is -0.139. The molecule has 3 aromatic carbocycles. The number of nitrogens with zero attached hydrogens (tertiary/aromatic N) is 1. The fraction of sp³-hybridized carbons (Fsp3) is 0.310. The highest BCUT2D eigenvalue weighted by Crippen LogP contribution is 2.21. The van der Waals surface area contributed by atoms with Gasteiger partial charge in [-0.3, -0.25) is 9.59 Å². The summed E-state index contributed by atoms with van der Waals surface area (Å²) in [5.41, 5.74) is 2.32. The van der Waals surface area contributed by atoms with Gasteiger partial charge in [-0.05, 0) is 42.7 Å². The summed E-state index contributed by atoms with van der Waals surface area (Å²) >= 11 is 7.53. The standard InChI is InChI=1S/C29H32ClFN2O2S/c1-3-21(2)32-29(35)27(17-22-10-5-4-6-11-22)33(18-24-13-7-8-15-26(24)31)28(34)20-36-19-23-12-9-14-25(30)16-23/h4-16,21,27H,3,17-20H2,1-2H3,(H,32,35). The third-order valence-corrected chi connectivity index (χ3v) is 7.18. The van der Waals surface area contributed by atoms with E-state index in [1.165, 1.54) is 22.7 Å². The van der Waals surface area contributed by atoms with Crippen LogP contribution in [-0.4, -0.2) is 34.6 Å². The molecule has 7 heteroatoms. The number of carbonyl (C=O) groups is 2. The Balaban J connectivity index is 1.86. The van der Waals surface area contributed by atoms with Crippen molar-refractivity contribution < 1.29 is 14.0 Å². The lowest BCUT2D eigenvalue weighted by atomic mass is 10.0. The average molecular weight is 527 g/mol. The minimum atomic E-state index is -0.778. The van der Waals surface area contributed by atoms with Crippen LogP contribution >= 0.6 is 23.4 Å². The van der Waals surface area contributed by atoms with Gasteiger partial charge in [0.05, 0.1) is 5.75 Å². The van der Waals surface area contributed by atoms with Crippen molar-refractivity contribution in [1.82, 2.24) is 10.2 Å². The highest BCUT2D eigenvalue weighted by atomic mass is 35.5. The number of hydrogen-bond donors (Lipinski definition) is 1. The molecule has 3 rings (SSSR count). The first-order valence-corrected chi connectivity index (χ1v) is 13.6. The van der Waals surface area contributed by atoms with Crippen LogP contribution < -0.4 is 5.32 Å². The van der Waals surface area contributed by atoms with Crippen molar-refractivity contribution in [3.05, 3.63) is 106 Å². The molecule has 1 N–H and O–H groups in total. The van der Waals surface area contributed by atoms with E-state index in [9.17, 15) is 14.0 Å². The zero-order valence-electron chi connectivity index (χ0n) is 20.6. The molecule has 2 amide bonds. The number of halogens is 2. The van der Waals surface area contributed by atoms with Crippen LogP contribution in [0.25, 0.3) is 0 Å². The van der Waals surface area contributed by atoms with Crippen LogP contribution in [0.2, 0.25) is 5.02 Å².